The topological polar surface area (TPSA) is 604 Å². The Kier molecular flexibility index (Phi) is 59.1. The van der Waals surface area contributed by atoms with E-state index in [0.29, 0.717) is 102 Å². The molecule has 24 N–H and O–H groups in total. The second-order valence-electron chi connectivity index (χ2n) is 22.5. The van der Waals surface area contributed by atoms with Crippen LogP contribution in [0.15, 0.2) is 0 Å². The smallest absolute Gasteiger partial charge is 0.221 e. The Labute approximate surface area is 620 Å². The van der Waals surface area contributed by atoms with Crippen LogP contribution in [0.5, 0.6) is 0 Å². The average Bonchev–Trinajstić information content (AvgIpc) is 0.799. The third kappa shape index (κ3) is 38.1. The molecule has 44 heteroatoms. The fourth-order valence-corrected chi connectivity index (χ4v) is 9.63. The minimum absolute atomic E-state index is 0.152. The number of aliphatic hydroxyl groups excluding tert-OH is 15. The summed E-state index contributed by atoms with van der Waals surface area (Å²) >= 11 is 23.8. The van der Waals surface area contributed by atoms with Crippen molar-refractivity contribution >= 4 is 81.7 Å². The van der Waals surface area contributed by atoms with Crippen molar-refractivity contribution in [3.05, 3.63) is 0 Å². The van der Waals surface area contributed by atoms with Gasteiger partial charge in [0, 0.05) is 48.8 Å². The summed E-state index contributed by atoms with van der Waals surface area (Å²) in [6.45, 7) is 5.68. The molecule has 5 fully saturated rings. The SMILES string of the molecule is CC(=O)NC1[C@H](OCCS)OC[C@](O)(CO)[C@@H]1O.NC1C(OCCCCCS)OC[C@](O)(CO)[C@@H]1O.NCCOCCOCCOCCOCCOCCS.OCC1O[C@@H](OCCS)C(O)[C@@H](O)[C@@H]1O.OCC1O[C@H](OCCS)C(O)[C@@H](O)C1(O)O.OCC1O[C@H](OCCS)C(O)[C@@H](O)[C@@H]1O. The van der Waals surface area contributed by atoms with Gasteiger partial charge < -0.3 is 185 Å². The van der Waals surface area contributed by atoms with Gasteiger partial charge in [-0.15, -0.1) is 0 Å². The minimum Gasteiger partial charge on any atom is -0.394 e. The van der Waals surface area contributed by atoms with Crippen LogP contribution in [0.1, 0.15) is 26.2 Å². The van der Waals surface area contributed by atoms with Gasteiger partial charge >= 0.3 is 0 Å². The second kappa shape index (κ2) is 59.0. The molecule has 5 aliphatic heterocycles. The summed E-state index contributed by atoms with van der Waals surface area (Å²) in [5, 5.41) is 181. The number of thiol groups is 6. The Hall–Kier alpha value is 0.130. The third-order valence-corrected chi connectivity index (χ3v) is 15.8. The maximum atomic E-state index is 11.1. The van der Waals surface area contributed by atoms with Gasteiger partial charge in [-0.3, -0.25) is 4.79 Å². The zero-order chi connectivity index (χ0) is 76.6. The van der Waals surface area contributed by atoms with Gasteiger partial charge in [0.1, 0.15) is 96.6 Å². The van der Waals surface area contributed by atoms with Gasteiger partial charge in [0.15, 0.2) is 31.5 Å². The largest absolute Gasteiger partial charge is 0.394 e. The van der Waals surface area contributed by atoms with Crippen LogP contribution in [0.3, 0.4) is 0 Å². The number of ether oxygens (including phenoxy) is 15. The van der Waals surface area contributed by atoms with E-state index in [1.165, 1.54) is 6.92 Å². The first-order valence-corrected chi connectivity index (χ1v) is 36.2. The number of amides is 1. The Morgan fingerprint density at radius 1 is 0.426 bits per heavy atom. The summed E-state index contributed by atoms with van der Waals surface area (Å²) in [4.78, 5) is 11.1. The van der Waals surface area contributed by atoms with E-state index in [1.807, 2.05) is 0 Å². The normalized spacial score (nSPS) is 33.7. The van der Waals surface area contributed by atoms with Crippen molar-refractivity contribution in [2.45, 2.75) is 166 Å². The molecule has 9 unspecified atom stereocenters. The van der Waals surface area contributed by atoms with Crippen LogP contribution in [0, 0.1) is 0 Å². The number of unbranched alkanes of at least 4 members (excludes halogenated alkanes) is 2. The molecule has 22 atom stereocenters. The van der Waals surface area contributed by atoms with Gasteiger partial charge in [-0.05, 0) is 18.6 Å². The Bertz CT molecular complexity index is 1930. The van der Waals surface area contributed by atoms with Gasteiger partial charge in [-0.25, -0.2) is 0 Å². The van der Waals surface area contributed by atoms with Crippen LogP contribution in [-0.2, 0) is 75.8 Å². The molecule has 5 aliphatic rings. The van der Waals surface area contributed by atoms with Crippen molar-refractivity contribution in [3.8, 4) is 0 Å². The third-order valence-electron chi connectivity index (χ3n) is 14.6. The lowest BCUT2D eigenvalue weighted by Crippen LogP contribution is -2.68. The molecule has 0 aromatic carbocycles. The summed E-state index contributed by atoms with van der Waals surface area (Å²) in [5.74, 6) is 0.175. The van der Waals surface area contributed by atoms with Gasteiger partial charge in [-0.2, -0.15) is 75.8 Å². The highest BCUT2D eigenvalue weighted by molar-refractivity contribution is 7.81. The van der Waals surface area contributed by atoms with E-state index < -0.39 is 179 Å². The molecule has 101 heavy (non-hydrogen) atoms. The highest BCUT2D eigenvalue weighted by Crippen LogP contribution is 2.30. The van der Waals surface area contributed by atoms with Crippen molar-refractivity contribution in [1.82, 2.24) is 5.32 Å². The van der Waals surface area contributed by atoms with Crippen molar-refractivity contribution < 1.29 is 173 Å². The standard InChI is InChI=1S/C12H27NO5S.C11H23NO5S.C10H19NO6S.C8H16O7S.2C8H16O6S/c13-1-2-14-3-4-15-5-6-16-7-8-17-9-10-18-11-12-19;12-8-9(14)11(15,6-13)7-17-10(8)16-4-2-1-3-5-18;1-6(13)11-7-8(14)10(15,4-12)5-17-9(7)16-2-3-18;9-3-4-8(12,13)6(11)5(10)7(15-4)14-1-2-16;2*9-3-4-5(10)6(11)7(12)8(14-4)13-1-2-15/h19H,1-13H2;8-10,13-15,18H,1-7,12H2;7-9,12,14-15,18H,2-5H2,1H3,(H,11,13);4-7,9-13,16H,1-3H2;2*4-12,15H,1-3H2/t;8?,9-,10?,11-;7?,8-,9-,10-;4?,5?,6-,7+;4?,5-,6+,7?,8+;4?,5-,6+,7?,8-/m.11111/s1. The highest BCUT2D eigenvalue weighted by Gasteiger charge is 2.55. The van der Waals surface area contributed by atoms with Crippen LogP contribution >= 0.6 is 75.8 Å². The Morgan fingerprint density at radius 2 is 0.802 bits per heavy atom. The fraction of sp³-hybridized carbons (Fsp3) is 0.982. The molecular weight excluding hydrogens is 1480 g/mol. The van der Waals surface area contributed by atoms with E-state index in [9.17, 15) is 76.3 Å². The monoisotopic (exact) mass is 1600 g/mol. The first kappa shape index (κ1) is 101. The summed E-state index contributed by atoms with van der Waals surface area (Å²) in [6.07, 6.45) is -19.6. The fourth-order valence-electron chi connectivity index (χ4n) is 8.85. The number of hydrogen-bond donors (Lipinski definition) is 28. The predicted molar refractivity (Wildman–Crippen MR) is 373 cm³/mol. The maximum absolute atomic E-state index is 11.1. The number of carbonyl (C=O) groups is 1. The molecule has 5 heterocycles. The summed E-state index contributed by atoms with van der Waals surface area (Å²) in [7, 11) is 0. The highest BCUT2D eigenvalue weighted by atomic mass is 32.1. The van der Waals surface area contributed by atoms with Crippen molar-refractivity contribution in [2.75, 3.05) is 186 Å². The van der Waals surface area contributed by atoms with Crippen molar-refractivity contribution in [2.24, 2.45) is 11.5 Å². The molecular formula is C57H117N3O35S6. The lowest BCUT2D eigenvalue weighted by Gasteiger charge is -2.44. The predicted octanol–water partition coefficient (Wildman–Crippen LogP) is -10.8. The zero-order valence-electron chi connectivity index (χ0n) is 56.5. The van der Waals surface area contributed by atoms with Crippen LogP contribution in [0.25, 0.3) is 0 Å². The second-order valence-corrected chi connectivity index (χ2v) is 25.2. The Morgan fingerprint density at radius 3 is 1.18 bits per heavy atom. The summed E-state index contributed by atoms with van der Waals surface area (Å²) in [5.41, 5.74) is 7.49. The molecule has 0 aliphatic carbocycles. The van der Waals surface area contributed by atoms with Crippen molar-refractivity contribution in [3.63, 3.8) is 0 Å². The van der Waals surface area contributed by atoms with E-state index in [2.05, 4.69) is 81.1 Å². The molecule has 0 spiro atoms. The quantitative estimate of drug-likeness (QED) is 0.0154. The molecule has 5 saturated heterocycles. The van der Waals surface area contributed by atoms with Gasteiger partial charge in [0.2, 0.25) is 11.7 Å². The van der Waals surface area contributed by atoms with Gasteiger partial charge in [0.05, 0.1) is 145 Å². The molecule has 606 valence electrons. The number of rotatable bonds is 40. The lowest BCUT2D eigenvalue weighted by atomic mass is 9.89. The molecule has 38 nitrogen and oxygen atoms in total. The molecule has 0 saturated carbocycles. The van der Waals surface area contributed by atoms with Gasteiger partial charge in [0.25, 0.3) is 0 Å². The Balaban J connectivity index is 0.00000119. The number of nitrogens with one attached hydrogen (secondary N) is 1. The maximum Gasteiger partial charge on any atom is 0.221 e. The molecule has 0 aromatic heterocycles. The minimum atomic E-state index is -2.71. The molecule has 0 bridgehead atoms. The molecule has 1 amide bonds. The number of hydrogen-bond acceptors (Lipinski definition) is 43. The first-order chi connectivity index (χ1) is 48.1. The van der Waals surface area contributed by atoms with Crippen LogP contribution in [0.2, 0.25) is 0 Å². The van der Waals surface area contributed by atoms with Crippen LogP contribution in [-0.4, -0.2) is 429 Å². The number of nitrogens with two attached hydrogens (primary N) is 2. The van der Waals surface area contributed by atoms with Crippen LogP contribution in [0.4, 0.5) is 0 Å². The van der Waals surface area contributed by atoms with E-state index in [4.69, 9.17) is 108 Å². The molecule has 0 aromatic rings. The number of aliphatic hydroxyl groups is 19. The average molecular weight is 1600 g/mol. The first-order valence-electron chi connectivity index (χ1n) is 32.4. The van der Waals surface area contributed by atoms with E-state index in [0.717, 1.165) is 30.8 Å². The molecule has 0 radical (unpaired) electrons. The zero-order valence-corrected chi connectivity index (χ0v) is 61.9. The van der Waals surface area contributed by atoms with E-state index in [-0.39, 0.29) is 39.6 Å². The summed E-state index contributed by atoms with van der Waals surface area (Å²) < 4.78 is 77.6. The summed E-state index contributed by atoms with van der Waals surface area (Å²) in [6, 6.07) is -1.82. The molecule has 5 rings (SSSR count). The number of carbonyl (C=O) groups excluding carboxylic acids is 1. The van der Waals surface area contributed by atoms with Crippen molar-refractivity contribution in [1.29, 1.82) is 0 Å². The van der Waals surface area contributed by atoms with E-state index >= 15 is 0 Å². The van der Waals surface area contributed by atoms with E-state index in [1.54, 1.807) is 0 Å². The van der Waals surface area contributed by atoms with Gasteiger partial charge in [-0.1, -0.05) is 6.42 Å². The lowest BCUT2D eigenvalue weighted by molar-refractivity contribution is -0.385. The van der Waals surface area contributed by atoms with Crippen LogP contribution < -0.4 is 16.8 Å².